The molecule has 0 radical (unpaired) electrons. The molecule has 4 nitrogen and oxygen atoms in total. The highest BCUT2D eigenvalue weighted by Crippen LogP contribution is 2.10. The molecular weight excluding hydrogens is 297 g/mol. The lowest BCUT2D eigenvalue weighted by Gasteiger charge is -2.33. The number of nitrogens with zero attached hydrogens (tertiary/aromatic N) is 1. The van der Waals surface area contributed by atoms with Crippen LogP contribution in [0.2, 0.25) is 0 Å². The fraction of sp³-hybridized carbons (Fsp3) is 0.611. The Morgan fingerprint density at radius 1 is 1.39 bits per heavy atom. The molecule has 1 aliphatic rings. The SMILES string of the molecule is CC(C)CN1CCOC(COC(=O)CCc2ccc(F)cc2)C1. The van der Waals surface area contributed by atoms with E-state index in [9.17, 15) is 9.18 Å². The second-order valence-corrected chi connectivity index (χ2v) is 6.46. The maximum absolute atomic E-state index is 12.8. The molecule has 1 heterocycles. The molecule has 1 aromatic carbocycles. The molecule has 1 fully saturated rings. The summed E-state index contributed by atoms with van der Waals surface area (Å²) >= 11 is 0. The highest BCUT2D eigenvalue weighted by Gasteiger charge is 2.22. The Bertz CT molecular complexity index is 490. The number of rotatable bonds is 7. The van der Waals surface area contributed by atoms with Crippen molar-refractivity contribution >= 4 is 5.97 Å². The molecule has 0 aromatic heterocycles. The summed E-state index contributed by atoms with van der Waals surface area (Å²) in [6, 6.07) is 6.19. The Morgan fingerprint density at radius 3 is 2.83 bits per heavy atom. The molecule has 0 aliphatic carbocycles. The van der Waals surface area contributed by atoms with Gasteiger partial charge in [0.05, 0.1) is 6.61 Å². The van der Waals surface area contributed by atoms with E-state index in [0.29, 0.717) is 32.0 Å². The van der Waals surface area contributed by atoms with Gasteiger partial charge in [0.25, 0.3) is 0 Å². The number of esters is 1. The van der Waals surface area contributed by atoms with Crippen LogP contribution in [0.4, 0.5) is 4.39 Å². The van der Waals surface area contributed by atoms with E-state index in [1.807, 2.05) is 0 Å². The Morgan fingerprint density at radius 2 is 2.13 bits per heavy atom. The second kappa shape index (κ2) is 8.99. The highest BCUT2D eigenvalue weighted by atomic mass is 19.1. The van der Waals surface area contributed by atoms with Crippen molar-refractivity contribution in [1.29, 1.82) is 0 Å². The third-order valence-electron chi connectivity index (χ3n) is 3.81. The van der Waals surface area contributed by atoms with Crippen molar-refractivity contribution in [2.75, 3.05) is 32.8 Å². The van der Waals surface area contributed by atoms with E-state index in [4.69, 9.17) is 9.47 Å². The standard InChI is InChI=1S/C18H26FNO3/c1-14(2)11-20-9-10-22-17(12-20)13-23-18(21)8-5-15-3-6-16(19)7-4-15/h3-4,6-7,14,17H,5,8-13H2,1-2H3. The van der Waals surface area contributed by atoms with E-state index in [0.717, 1.165) is 25.2 Å². The Kier molecular flexibility index (Phi) is 6.99. The van der Waals surface area contributed by atoms with Crippen LogP contribution in [-0.2, 0) is 20.7 Å². The largest absolute Gasteiger partial charge is 0.463 e. The third-order valence-corrected chi connectivity index (χ3v) is 3.81. The van der Waals surface area contributed by atoms with Crippen LogP contribution in [0, 0.1) is 11.7 Å². The average molecular weight is 323 g/mol. The third kappa shape index (κ3) is 6.67. The molecule has 1 aliphatic heterocycles. The molecule has 5 heteroatoms. The average Bonchev–Trinajstić information content (AvgIpc) is 2.52. The van der Waals surface area contributed by atoms with Crippen LogP contribution in [0.25, 0.3) is 0 Å². The molecule has 1 atom stereocenters. The second-order valence-electron chi connectivity index (χ2n) is 6.46. The molecule has 2 rings (SSSR count). The Hall–Kier alpha value is -1.46. The minimum atomic E-state index is -0.267. The van der Waals surface area contributed by atoms with E-state index >= 15 is 0 Å². The number of halogens is 1. The number of morpholine rings is 1. The molecule has 1 aromatic rings. The van der Waals surface area contributed by atoms with Gasteiger partial charge in [-0.2, -0.15) is 0 Å². The molecule has 128 valence electrons. The first-order valence-electron chi connectivity index (χ1n) is 8.27. The molecule has 0 saturated carbocycles. The van der Waals surface area contributed by atoms with Crippen molar-refractivity contribution in [3.8, 4) is 0 Å². The molecule has 0 spiro atoms. The van der Waals surface area contributed by atoms with E-state index in [2.05, 4.69) is 18.7 Å². The van der Waals surface area contributed by atoms with Crippen molar-refractivity contribution < 1.29 is 18.7 Å². The fourth-order valence-electron chi connectivity index (χ4n) is 2.72. The molecule has 0 bridgehead atoms. The van der Waals surface area contributed by atoms with Gasteiger partial charge < -0.3 is 9.47 Å². The zero-order valence-corrected chi connectivity index (χ0v) is 14.0. The molecule has 0 N–H and O–H groups in total. The highest BCUT2D eigenvalue weighted by molar-refractivity contribution is 5.69. The maximum Gasteiger partial charge on any atom is 0.306 e. The summed E-state index contributed by atoms with van der Waals surface area (Å²) in [4.78, 5) is 14.2. The van der Waals surface area contributed by atoms with Gasteiger partial charge in [0.2, 0.25) is 0 Å². The van der Waals surface area contributed by atoms with Crippen LogP contribution >= 0.6 is 0 Å². The number of benzene rings is 1. The van der Waals surface area contributed by atoms with Crippen molar-refractivity contribution in [2.45, 2.75) is 32.8 Å². The number of hydrogen-bond acceptors (Lipinski definition) is 4. The van der Waals surface area contributed by atoms with Crippen molar-refractivity contribution in [3.05, 3.63) is 35.6 Å². The van der Waals surface area contributed by atoms with Crippen molar-refractivity contribution in [3.63, 3.8) is 0 Å². The first kappa shape index (κ1) is 17.9. The number of hydrogen-bond donors (Lipinski definition) is 0. The van der Waals surface area contributed by atoms with Gasteiger partial charge in [-0.25, -0.2) is 4.39 Å². The van der Waals surface area contributed by atoms with Crippen LogP contribution in [0.5, 0.6) is 0 Å². The summed E-state index contributed by atoms with van der Waals surface area (Å²) < 4.78 is 23.8. The quantitative estimate of drug-likeness (QED) is 0.723. The van der Waals surface area contributed by atoms with E-state index in [1.54, 1.807) is 12.1 Å². The lowest BCUT2D eigenvalue weighted by atomic mass is 10.1. The first-order valence-corrected chi connectivity index (χ1v) is 8.27. The molecule has 23 heavy (non-hydrogen) atoms. The minimum Gasteiger partial charge on any atom is -0.463 e. The summed E-state index contributed by atoms with van der Waals surface area (Å²) in [7, 11) is 0. The van der Waals surface area contributed by atoms with Crippen LogP contribution < -0.4 is 0 Å². The summed E-state index contributed by atoms with van der Waals surface area (Å²) in [5.74, 6) is 0.114. The predicted octanol–water partition coefficient (Wildman–Crippen LogP) is 2.66. The van der Waals surface area contributed by atoms with Gasteiger partial charge in [-0.15, -0.1) is 0 Å². The summed E-state index contributed by atoms with van der Waals surface area (Å²) in [5, 5.41) is 0. The smallest absolute Gasteiger partial charge is 0.306 e. The first-order chi connectivity index (χ1) is 11.0. The van der Waals surface area contributed by atoms with E-state index in [-0.39, 0.29) is 17.9 Å². The monoisotopic (exact) mass is 323 g/mol. The normalized spacial score (nSPS) is 19.0. The van der Waals surface area contributed by atoms with E-state index in [1.165, 1.54) is 12.1 Å². The number of aryl methyl sites for hydroxylation is 1. The van der Waals surface area contributed by atoms with Crippen LogP contribution in [0.3, 0.4) is 0 Å². The van der Waals surface area contributed by atoms with Gasteiger partial charge in [0.1, 0.15) is 18.5 Å². The molecule has 1 unspecified atom stereocenters. The molecule has 0 amide bonds. The topological polar surface area (TPSA) is 38.8 Å². The lowest BCUT2D eigenvalue weighted by Crippen LogP contribution is -2.45. The Balaban J connectivity index is 1.66. The zero-order chi connectivity index (χ0) is 16.7. The van der Waals surface area contributed by atoms with Crippen molar-refractivity contribution in [1.82, 2.24) is 4.90 Å². The van der Waals surface area contributed by atoms with Crippen LogP contribution in [0.15, 0.2) is 24.3 Å². The fourth-order valence-corrected chi connectivity index (χ4v) is 2.72. The number of carbonyl (C=O) groups excluding carboxylic acids is 1. The summed E-state index contributed by atoms with van der Waals surface area (Å²) in [6.45, 7) is 8.16. The lowest BCUT2D eigenvalue weighted by molar-refractivity contribution is -0.150. The van der Waals surface area contributed by atoms with Crippen LogP contribution in [-0.4, -0.2) is 49.8 Å². The Labute approximate surface area is 137 Å². The van der Waals surface area contributed by atoms with Crippen LogP contribution in [0.1, 0.15) is 25.8 Å². The van der Waals surface area contributed by atoms with Gasteiger partial charge >= 0.3 is 5.97 Å². The van der Waals surface area contributed by atoms with Gasteiger partial charge in [-0.3, -0.25) is 9.69 Å². The van der Waals surface area contributed by atoms with Gasteiger partial charge in [-0.05, 0) is 30.0 Å². The van der Waals surface area contributed by atoms with Gasteiger partial charge in [0.15, 0.2) is 0 Å². The number of ether oxygens (including phenoxy) is 2. The van der Waals surface area contributed by atoms with Gasteiger partial charge in [0, 0.05) is 26.1 Å². The molecule has 1 saturated heterocycles. The zero-order valence-electron chi connectivity index (χ0n) is 14.0. The predicted molar refractivity (Wildman–Crippen MR) is 86.7 cm³/mol. The maximum atomic E-state index is 12.8. The summed E-state index contributed by atoms with van der Waals surface area (Å²) in [5.41, 5.74) is 0.931. The van der Waals surface area contributed by atoms with E-state index < -0.39 is 0 Å². The van der Waals surface area contributed by atoms with Crippen molar-refractivity contribution in [2.24, 2.45) is 5.92 Å². The number of carbonyl (C=O) groups is 1. The minimum absolute atomic E-state index is 0.0442. The molecular formula is C18H26FNO3. The summed E-state index contributed by atoms with van der Waals surface area (Å²) in [6.07, 6.45) is 0.815. The van der Waals surface area contributed by atoms with Gasteiger partial charge in [-0.1, -0.05) is 26.0 Å².